The van der Waals surface area contributed by atoms with Crippen LogP contribution < -0.4 is 4.90 Å². The molecule has 5 nitrogen and oxygen atoms in total. The predicted molar refractivity (Wildman–Crippen MR) is 107 cm³/mol. The standard InChI is InChI=1S/C21H21ClN4O/c1-21(8-10-24(22)11-9-21)26-14-15(12-23-26)13-25-18-7-3-5-16-4-2-6-17(19(16)18)20(25)27/h2-7,12,14H,8-11,13H2,1H3. The number of carbonyl (C=O) groups excluding carboxylic acids is 1. The van der Waals surface area contributed by atoms with Gasteiger partial charge in [0.05, 0.1) is 24.0 Å². The van der Waals surface area contributed by atoms with Crippen molar-refractivity contribution < 1.29 is 4.79 Å². The normalized spacial score (nSPS) is 19.2. The van der Waals surface area contributed by atoms with E-state index in [9.17, 15) is 4.79 Å². The summed E-state index contributed by atoms with van der Waals surface area (Å²) >= 11 is 6.11. The third kappa shape index (κ3) is 2.65. The average Bonchev–Trinajstić information content (AvgIpc) is 3.26. The zero-order valence-electron chi connectivity index (χ0n) is 15.2. The molecule has 1 saturated heterocycles. The lowest BCUT2D eigenvalue weighted by Crippen LogP contribution is -2.41. The molecule has 27 heavy (non-hydrogen) atoms. The first-order valence-electron chi connectivity index (χ1n) is 9.34. The van der Waals surface area contributed by atoms with Crippen LogP contribution in [0.25, 0.3) is 10.8 Å². The van der Waals surface area contributed by atoms with Gasteiger partial charge in [-0.1, -0.05) is 24.3 Å². The Balaban J connectivity index is 1.43. The lowest BCUT2D eigenvalue weighted by atomic mass is 9.91. The number of halogens is 1. The zero-order chi connectivity index (χ0) is 18.6. The molecule has 138 valence electrons. The van der Waals surface area contributed by atoms with Gasteiger partial charge in [-0.15, -0.1) is 0 Å². The van der Waals surface area contributed by atoms with Gasteiger partial charge in [0.25, 0.3) is 5.91 Å². The quantitative estimate of drug-likeness (QED) is 0.640. The van der Waals surface area contributed by atoms with Crippen molar-refractivity contribution in [1.29, 1.82) is 0 Å². The average molecular weight is 381 g/mol. The Kier molecular flexibility index (Phi) is 3.78. The van der Waals surface area contributed by atoms with Gasteiger partial charge in [0.1, 0.15) is 0 Å². The van der Waals surface area contributed by atoms with Gasteiger partial charge in [0, 0.05) is 35.8 Å². The number of hydrogen-bond acceptors (Lipinski definition) is 3. The van der Waals surface area contributed by atoms with Crippen LogP contribution >= 0.6 is 11.8 Å². The van der Waals surface area contributed by atoms with E-state index >= 15 is 0 Å². The molecule has 2 aliphatic rings. The van der Waals surface area contributed by atoms with Gasteiger partial charge in [0.15, 0.2) is 0 Å². The van der Waals surface area contributed by atoms with Crippen LogP contribution in [0.4, 0.5) is 5.69 Å². The van der Waals surface area contributed by atoms with Crippen LogP contribution in [-0.2, 0) is 12.1 Å². The van der Waals surface area contributed by atoms with Crippen molar-refractivity contribution in [3.8, 4) is 0 Å². The van der Waals surface area contributed by atoms with Crippen molar-refractivity contribution in [3.63, 3.8) is 0 Å². The monoisotopic (exact) mass is 380 g/mol. The van der Waals surface area contributed by atoms with Crippen molar-refractivity contribution in [3.05, 3.63) is 59.9 Å². The van der Waals surface area contributed by atoms with E-state index in [0.29, 0.717) is 6.54 Å². The van der Waals surface area contributed by atoms with E-state index in [4.69, 9.17) is 11.8 Å². The third-order valence-corrected chi connectivity index (χ3v) is 6.30. The number of piperidine rings is 1. The molecule has 0 atom stereocenters. The molecule has 1 aromatic heterocycles. The summed E-state index contributed by atoms with van der Waals surface area (Å²) in [7, 11) is 0. The minimum absolute atomic E-state index is 0.0262. The van der Waals surface area contributed by atoms with Crippen LogP contribution in [0.2, 0.25) is 0 Å². The maximum Gasteiger partial charge on any atom is 0.259 e. The first-order chi connectivity index (χ1) is 13.0. The van der Waals surface area contributed by atoms with Crippen LogP contribution in [0, 0.1) is 0 Å². The van der Waals surface area contributed by atoms with Crippen LogP contribution in [0.15, 0.2) is 48.8 Å². The summed E-state index contributed by atoms with van der Waals surface area (Å²) in [4.78, 5) is 14.8. The molecule has 3 aromatic rings. The van der Waals surface area contributed by atoms with Crippen LogP contribution in [0.1, 0.15) is 35.7 Å². The first-order valence-corrected chi connectivity index (χ1v) is 9.67. The number of benzene rings is 2. The zero-order valence-corrected chi connectivity index (χ0v) is 16.0. The third-order valence-electron chi connectivity index (χ3n) is 5.96. The molecule has 0 bridgehead atoms. The van der Waals surface area contributed by atoms with Crippen LogP contribution in [0.3, 0.4) is 0 Å². The molecule has 6 heteroatoms. The van der Waals surface area contributed by atoms with Gasteiger partial charge < -0.3 is 4.90 Å². The molecular formula is C21H21ClN4O. The Morgan fingerprint density at radius 3 is 2.67 bits per heavy atom. The number of amides is 1. The molecule has 3 heterocycles. The van der Waals surface area contributed by atoms with Crippen molar-refractivity contribution in [2.75, 3.05) is 18.0 Å². The fourth-order valence-electron chi connectivity index (χ4n) is 4.25. The predicted octanol–water partition coefficient (Wildman–Crippen LogP) is 4.16. The Morgan fingerprint density at radius 1 is 1.15 bits per heavy atom. The second-order valence-electron chi connectivity index (χ2n) is 7.77. The lowest BCUT2D eigenvalue weighted by Gasteiger charge is -2.36. The Bertz CT molecular complexity index is 1030. The molecule has 0 saturated carbocycles. The van der Waals surface area contributed by atoms with Crippen LogP contribution in [0.5, 0.6) is 0 Å². The number of anilines is 1. The van der Waals surface area contributed by atoms with Gasteiger partial charge in [0.2, 0.25) is 0 Å². The van der Waals surface area contributed by atoms with Gasteiger partial charge in [-0.3, -0.25) is 9.48 Å². The van der Waals surface area contributed by atoms with Crippen molar-refractivity contribution in [2.45, 2.75) is 31.8 Å². The highest BCUT2D eigenvalue weighted by Crippen LogP contribution is 2.38. The SMILES string of the molecule is CC1(n2cc(CN3C(=O)c4cccc5cccc3c45)cn2)CCN(Cl)CC1. The highest BCUT2D eigenvalue weighted by atomic mass is 35.5. The Morgan fingerprint density at radius 2 is 1.89 bits per heavy atom. The van der Waals surface area contributed by atoms with Crippen molar-refractivity contribution in [1.82, 2.24) is 14.2 Å². The van der Waals surface area contributed by atoms with Gasteiger partial charge >= 0.3 is 0 Å². The van der Waals surface area contributed by atoms with Crippen molar-refractivity contribution in [2.24, 2.45) is 0 Å². The number of hydrogen-bond donors (Lipinski definition) is 0. The summed E-state index contributed by atoms with van der Waals surface area (Å²) < 4.78 is 3.90. The number of aromatic nitrogens is 2. The second-order valence-corrected chi connectivity index (χ2v) is 8.25. The molecule has 2 aliphatic heterocycles. The fourth-order valence-corrected chi connectivity index (χ4v) is 4.41. The summed E-state index contributed by atoms with van der Waals surface area (Å²) in [6.45, 7) is 4.47. The molecule has 0 N–H and O–H groups in total. The minimum Gasteiger partial charge on any atom is -0.303 e. The molecule has 0 radical (unpaired) electrons. The summed E-state index contributed by atoms with van der Waals surface area (Å²) in [6, 6.07) is 12.0. The van der Waals surface area contributed by atoms with E-state index in [1.807, 2.05) is 39.8 Å². The number of carbonyl (C=O) groups is 1. The second kappa shape index (κ2) is 6.08. The molecule has 1 amide bonds. The van der Waals surface area contributed by atoms with Gasteiger partial charge in [-0.2, -0.15) is 5.10 Å². The van der Waals surface area contributed by atoms with Gasteiger partial charge in [-0.25, -0.2) is 4.42 Å². The number of nitrogens with zero attached hydrogens (tertiary/aromatic N) is 4. The Hall–Kier alpha value is -2.37. The highest BCUT2D eigenvalue weighted by Gasteiger charge is 2.33. The van der Waals surface area contributed by atoms with E-state index in [1.54, 1.807) is 0 Å². The van der Waals surface area contributed by atoms with E-state index < -0.39 is 0 Å². The highest BCUT2D eigenvalue weighted by molar-refractivity contribution is 6.24. The largest absolute Gasteiger partial charge is 0.303 e. The molecular weight excluding hydrogens is 360 g/mol. The maximum absolute atomic E-state index is 13.0. The lowest BCUT2D eigenvalue weighted by molar-refractivity contribution is 0.0991. The van der Waals surface area contributed by atoms with E-state index in [0.717, 1.165) is 53.5 Å². The van der Waals surface area contributed by atoms with Crippen molar-refractivity contribution >= 4 is 34.1 Å². The fraction of sp³-hybridized carbons (Fsp3) is 0.333. The summed E-state index contributed by atoms with van der Waals surface area (Å²) in [6.07, 6.45) is 5.89. The molecule has 0 spiro atoms. The van der Waals surface area contributed by atoms with E-state index in [1.165, 1.54) is 0 Å². The van der Waals surface area contributed by atoms with Crippen LogP contribution in [-0.4, -0.2) is 33.2 Å². The minimum atomic E-state index is -0.0262. The Labute approximate surface area is 163 Å². The summed E-state index contributed by atoms with van der Waals surface area (Å²) in [5, 5.41) is 6.78. The smallest absolute Gasteiger partial charge is 0.259 e. The molecule has 1 fully saturated rings. The first kappa shape index (κ1) is 16.8. The summed E-state index contributed by atoms with van der Waals surface area (Å²) in [5.41, 5.74) is 2.80. The summed E-state index contributed by atoms with van der Waals surface area (Å²) in [5.74, 6) is 0.0659. The molecule has 0 unspecified atom stereocenters. The number of rotatable bonds is 3. The maximum atomic E-state index is 13.0. The van der Waals surface area contributed by atoms with Gasteiger partial charge in [-0.05, 0) is 49.1 Å². The topological polar surface area (TPSA) is 41.4 Å². The molecule has 5 rings (SSSR count). The molecule has 2 aromatic carbocycles. The van der Waals surface area contributed by atoms with E-state index in [2.05, 4.69) is 35.0 Å². The van der Waals surface area contributed by atoms with E-state index in [-0.39, 0.29) is 11.4 Å². The molecule has 0 aliphatic carbocycles.